The van der Waals surface area contributed by atoms with E-state index in [2.05, 4.69) is 11.7 Å². The molecule has 1 aliphatic heterocycles. The first-order chi connectivity index (χ1) is 9.43. The third-order valence-electron chi connectivity index (χ3n) is 3.60. The lowest BCUT2D eigenvalue weighted by Crippen LogP contribution is -2.40. The summed E-state index contributed by atoms with van der Waals surface area (Å²) in [4.78, 5) is 24.5. The molecule has 2 rings (SSSR count). The van der Waals surface area contributed by atoms with Gasteiger partial charge >= 0.3 is 0 Å². The quantitative estimate of drug-likeness (QED) is 0.738. The highest BCUT2D eigenvalue weighted by Gasteiger charge is 2.38. The highest BCUT2D eigenvalue weighted by Crippen LogP contribution is 2.29. The van der Waals surface area contributed by atoms with Crippen LogP contribution in [0.2, 0.25) is 0 Å². The molecule has 0 spiro atoms. The lowest BCUT2D eigenvalue weighted by Gasteiger charge is -2.25. The van der Waals surface area contributed by atoms with Crippen molar-refractivity contribution in [3.8, 4) is 0 Å². The molecular weight excluding hydrogens is 260 g/mol. The molecule has 3 N–H and O–H groups in total. The van der Waals surface area contributed by atoms with Gasteiger partial charge in [-0.15, -0.1) is 0 Å². The van der Waals surface area contributed by atoms with Gasteiger partial charge in [-0.1, -0.05) is 6.58 Å². The Morgan fingerprint density at radius 2 is 2.35 bits per heavy atom. The first kappa shape index (κ1) is 14.3. The average molecular weight is 278 g/mol. The lowest BCUT2D eigenvalue weighted by atomic mass is 10.1. The Kier molecular flexibility index (Phi) is 3.89. The number of aliphatic hydroxyl groups excluding tert-OH is 1. The molecule has 0 unspecified atom stereocenters. The average Bonchev–Trinajstić information content (AvgIpc) is 3.03. The van der Waals surface area contributed by atoms with Crippen LogP contribution in [0.4, 0.5) is 0 Å². The van der Waals surface area contributed by atoms with Gasteiger partial charge < -0.3 is 15.7 Å². The molecule has 0 aromatic carbocycles. The third kappa shape index (κ3) is 2.57. The number of nitrogens with two attached hydrogens (primary N) is 1. The van der Waals surface area contributed by atoms with E-state index in [1.807, 2.05) is 0 Å². The Morgan fingerprint density at radius 1 is 1.65 bits per heavy atom. The fourth-order valence-electron chi connectivity index (χ4n) is 2.53. The number of amides is 2. The van der Waals surface area contributed by atoms with Crippen molar-refractivity contribution in [2.24, 2.45) is 5.73 Å². The molecule has 1 saturated heterocycles. The number of carbonyl (C=O) groups is 2. The van der Waals surface area contributed by atoms with Crippen LogP contribution in [0.3, 0.4) is 0 Å². The fourth-order valence-corrected chi connectivity index (χ4v) is 2.53. The number of carbonyl (C=O) groups excluding carboxylic acids is 2. The first-order valence-corrected chi connectivity index (χ1v) is 6.39. The minimum atomic E-state index is -0.643. The SMILES string of the molecule is C=CC(=O)N1C[C@@H](n2cc(C(N)=O)cn2)C[C@@H]1[C@@H](C)O. The van der Waals surface area contributed by atoms with E-state index in [0.717, 1.165) is 0 Å². The summed E-state index contributed by atoms with van der Waals surface area (Å²) in [5, 5.41) is 13.9. The normalized spacial score (nSPS) is 23.6. The van der Waals surface area contributed by atoms with Gasteiger partial charge in [0.2, 0.25) is 5.91 Å². The molecule has 1 aliphatic rings. The van der Waals surface area contributed by atoms with E-state index >= 15 is 0 Å². The van der Waals surface area contributed by atoms with Gasteiger partial charge in [-0.3, -0.25) is 14.3 Å². The van der Waals surface area contributed by atoms with Crippen molar-refractivity contribution in [1.82, 2.24) is 14.7 Å². The van der Waals surface area contributed by atoms with Crippen LogP contribution in [0.15, 0.2) is 25.0 Å². The van der Waals surface area contributed by atoms with Crippen molar-refractivity contribution in [3.63, 3.8) is 0 Å². The Balaban J connectivity index is 2.20. The van der Waals surface area contributed by atoms with Crippen molar-refractivity contribution in [2.45, 2.75) is 31.5 Å². The predicted molar refractivity (Wildman–Crippen MR) is 71.8 cm³/mol. The summed E-state index contributed by atoms with van der Waals surface area (Å²) in [7, 11) is 0. The molecule has 7 nitrogen and oxygen atoms in total. The summed E-state index contributed by atoms with van der Waals surface area (Å²) in [6, 6.07) is -0.377. The van der Waals surface area contributed by atoms with Crippen LogP contribution < -0.4 is 5.73 Å². The van der Waals surface area contributed by atoms with Crippen LogP contribution in [0.5, 0.6) is 0 Å². The zero-order chi connectivity index (χ0) is 14.9. The van der Waals surface area contributed by atoms with E-state index in [1.165, 1.54) is 12.3 Å². The van der Waals surface area contributed by atoms with Crippen LogP contribution in [-0.2, 0) is 4.79 Å². The number of primary amides is 1. The Bertz CT molecular complexity index is 537. The Morgan fingerprint density at radius 3 is 2.85 bits per heavy atom. The summed E-state index contributed by atoms with van der Waals surface area (Å²) >= 11 is 0. The van der Waals surface area contributed by atoms with Crippen LogP contribution in [0.1, 0.15) is 29.7 Å². The predicted octanol–water partition coefficient (Wildman–Crippen LogP) is -0.309. The third-order valence-corrected chi connectivity index (χ3v) is 3.60. The summed E-state index contributed by atoms with van der Waals surface area (Å²) in [6.45, 7) is 5.53. The number of aliphatic hydroxyl groups is 1. The number of hydrogen-bond donors (Lipinski definition) is 2. The molecule has 2 amide bonds. The topological polar surface area (TPSA) is 101 Å². The van der Waals surface area contributed by atoms with Gasteiger partial charge in [-0.25, -0.2) is 0 Å². The van der Waals surface area contributed by atoms with E-state index in [9.17, 15) is 14.7 Å². The second-order valence-electron chi connectivity index (χ2n) is 4.97. The van der Waals surface area contributed by atoms with Crippen LogP contribution in [-0.4, -0.2) is 50.3 Å². The minimum absolute atomic E-state index is 0.0911. The monoisotopic (exact) mass is 278 g/mol. The number of nitrogens with zero attached hydrogens (tertiary/aromatic N) is 3. The number of aromatic nitrogens is 2. The van der Waals surface area contributed by atoms with E-state index < -0.39 is 12.0 Å². The minimum Gasteiger partial charge on any atom is -0.391 e. The maximum atomic E-state index is 11.8. The van der Waals surface area contributed by atoms with E-state index in [1.54, 1.807) is 22.7 Å². The van der Waals surface area contributed by atoms with Gasteiger partial charge in [0.1, 0.15) is 0 Å². The maximum Gasteiger partial charge on any atom is 0.251 e. The van der Waals surface area contributed by atoms with Crippen LogP contribution in [0.25, 0.3) is 0 Å². The van der Waals surface area contributed by atoms with Crippen LogP contribution in [0, 0.1) is 0 Å². The van der Waals surface area contributed by atoms with Gasteiger partial charge in [0.05, 0.1) is 29.9 Å². The summed E-state index contributed by atoms with van der Waals surface area (Å²) < 4.78 is 1.62. The van der Waals surface area contributed by atoms with Crippen LogP contribution >= 0.6 is 0 Å². The van der Waals surface area contributed by atoms with Gasteiger partial charge in [0.25, 0.3) is 5.91 Å². The molecule has 2 heterocycles. The Hall–Kier alpha value is -2.15. The lowest BCUT2D eigenvalue weighted by molar-refractivity contribution is -0.128. The number of likely N-dealkylation sites (tertiary alicyclic amines) is 1. The molecule has 1 aromatic heterocycles. The summed E-state index contributed by atoms with van der Waals surface area (Å²) in [5.74, 6) is -0.763. The summed E-state index contributed by atoms with van der Waals surface area (Å²) in [5.41, 5.74) is 5.51. The molecule has 7 heteroatoms. The number of rotatable bonds is 4. The fraction of sp³-hybridized carbons (Fsp3) is 0.462. The van der Waals surface area contributed by atoms with E-state index in [-0.39, 0.29) is 18.0 Å². The second-order valence-corrected chi connectivity index (χ2v) is 4.97. The molecule has 0 aliphatic carbocycles. The molecule has 0 saturated carbocycles. The van der Waals surface area contributed by atoms with Gasteiger partial charge in [-0.05, 0) is 19.4 Å². The molecule has 20 heavy (non-hydrogen) atoms. The molecule has 1 aromatic rings. The van der Waals surface area contributed by atoms with Gasteiger partial charge in [0, 0.05) is 12.7 Å². The summed E-state index contributed by atoms with van der Waals surface area (Å²) in [6.07, 6.45) is 4.12. The smallest absolute Gasteiger partial charge is 0.251 e. The van der Waals surface area contributed by atoms with Gasteiger partial charge in [-0.2, -0.15) is 5.10 Å². The van der Waals surface area contributed by atoms with Crippen molar-refractivity contribution in [1.29, 1.82) is 0 Å². The molecule has 108 valence electrons. The Labute approximate surface area is 116 Å². The zero-order valence-electron chi connectivity index (χ0n) is 11.3. The maximum absolute atomic E-state index is 11.8. The van der Waals surface area contributed by atoms with Crippen molar-refractivity contribution in [3.05, 3.63) is 30.6 Å². The zero-order valence-corrected chi connectivity index (χ0v) is 11.3. The first-order valence-electron chi connectivity index (χ1n) is 6.39. The largest absolute Gasteiger partial charge is 0.391 e. The van der Waals surface area contributed by atoms with Crippen molar-refractivity contribution < 1.29 is 14.7 Å². The molecule has 1 fully saturated rings. The standard InChI is InChI=1S/C13H18N4O3/c1-3-12(19)16-7-10(4-11(16)8(2)18)17-6-9(5-15-17)13(14)20/h3,5-6,8,10-11,18H,1,4,7H2,2H3,(H2,14,20)/t8-,10+,11-/m1/s1. The van der Waals surface area contributed by atoms with E-state index in [4.69, 9.17) is 5.73 Å². The molecular formula is C13H18N4O3. The molecule has 3 atom stereocenters. The second kappa shape index (κ2) is 5.46. The van der Waals surface area contributed by atoms with Gasteiger partial charge in [0.15, 0.2) is 0 Å². The highest BCUT2D eigenvalue weighted by molar-refractivity contribution is 5.92. The highest BCUT2D eigenvalue weighted by atomic mass is 16.3. The number of hydrogen-bond acceptors (Lipinski definition) is 4. The molecule has 0 radical (unpaired) electrons. The molecule has 0 bridgehead atoms. The van der Waals surface area contributed by atoms with Crippen molar-refractivity contribution in [2.75, 3.05) is 6.54 Å². The van der Waals surface area contributed by atoms with E-state index in [0.29, 0.717) is 18.5 Å². The van der Waals surface area contributed by atoms with Crippen molar-refractivity contribution >= 4 is 11.8 Å².